The molecule has 2 rings (SSSR count). The van der Waals surface area contributed by atoms with Crippen molar-refractivity contribution in [2.75, 3.05) is 7.05 Å². The lowest BCUT2D eigenvalue weighted by Gasteiger charge is -2.15. The summed E-state index contributed by atoms with van der Waals surface area (Å²) in [7, 11) is 3.90. The molecule has 0 aromatic carbocycles. The lowest BCUT2D eigenvalue weighted by molar-refractivity contribution is 0.695. The van der Waals surface area contributed by atoms with E-state index in [4.69, 9.17) is 11.6 Å². The summed E-state index contributed by atoms with van der Waals surface area (Å²) >= 11 is 7.88. The van der Waals surface area contributed by atoms with E-state index in [1.165, 1.54) is 5.56 Å². The first kappa shape index (κ1) is 12.6. The van der Waals surface area contributed by atoms with Gasteiger partial charge < -0.3 is 5.32 Å². The molecule has 0 bridgehead atoms. The average Bonchev–Trinajstić information content (AvgIpc) is 2.88. The largest absolute Gasteiger partial charge is 0.309 e. The summed E-state index contributed by atoms with van der Waals surface area (Å²) < 4.78 is 1.86. The fourth-order valence-corrected chi connectivity index (χ4v) is 3.30. The van der Waals surface area contributed by atoms with Crippen molar-refractivity contribution in [3.63, 3.8) is 0 Å². The molecular formula is C12H16ClN3S. The lowest BCUT2D eigenvalue weighted by Crippen LogP contribution is -2.17. The molecule has 0 saturated carbocycles. The standard InChI is InChI=1S/C12H16ClN3S/c1-4-10-8(7-16(3)15-10)11(14-2)12-9(13)5-6-17-12/h5-7,11,14H,4H2,1-3H3. The predicted octanol–water partition coefficient (Wildman–Crippen LogP) is 3.01. The van der Waals surface area contributed by atoms with Gasteiger partial charge >= 0.3 is 0 Å². The number of aromatic nitrogens is 2. The van der Waals surface area contributed by atoms with Gasteiger partial charge in [-0.25, -0.2) is 0 Å². The molecule has 92 valence electrons. The molecule has 2 aromatic heterocycles. The van der Waals surface area contributed by atoms with Crippen molar-refractivity contribution in [3.8, 4) is 0 Å². The second-order valence-electron chi connectivity index (χ2n) is 3.91. The first-order valence-electron chi connectivity index (χ1n) is 5.60. The minimum atomic E-state index is 0.131. The Balaban J connectivity index is 2.45. The van der Waals surface area contributed by atoms with Crippen LogP contribution in [0.15, 0.2) is 17.6 Å². The Kier molecular flexibility index (Phi) is 3.86. The molecule has 0 aliphatic carbocycles. The molecule has 2 heterocycles. The molecule has 17 heavy (non-hydrogen) atoms. The third kappa shape index (κ3) is 2.39. The highest BCUT2D eigenvalue weighted by Crippen LogP contribution is 2.33. The van der Waals surface area contributed by atoms with Crippen LogP contribution in [0.1, 0.15) is 29.1 Å². The smallest absolute Gasteiger partial charge is 0.0717 e. The van der Waals surface area contributed by atoms with E-state index in [1.807, 2.05) is 30.2 Å². The minimum absolute atomic E-state index is 0.131. The molecule has 0 amide bonds. The molecule has 0 spiro atoms. The third-order valence-corrected chi connectivity index (χ3v) is 4.20. The Morgan fingerprint density at radius 1 is 1.59 bits per heavy atom. The lowest BCUT2D eigenvalue weighted by atomic mass is 10.1. The average molecular weight is 270 g/mol. The highest BCUT2D eigenvalue weighted by molar-refractivity contribution is 7.10. The number of hydrogen-bond acceptors (Lipinski definition) is 3. The van der Waals surface area contributed by atoms with Crippen LogP contribution < -0.4 is 5.32 Å². The van der Waals surface area contributed by atoms with Gasteiger partial charge in [0.05, 0.1) is 16.8 Å². The van der Waals surface area contributed by atoms with E-state index in [2.05, 4.69) is 23.5 Å². The molecule has 0 saturated heterocycles. The van der Waals surface area contributed by atoms with Crippen LogP contribution in [-0.4, -0.2) is 16.8 Å². The quantitative estimate of drug-likeness (QED) is 0.925. The van der Waals surface area contributed by atoms with Crippen molar-refractivity contribution in [1.29, 1.82) is 0 Å². The normalized spacial score (nSPS) is 12.9. The fraction of sp³-hybridized carbons (Fsp3) is 0.417. The number of nitrogens with zero attached hydrogens (tertiary/aromatic N) is 2. The number of nitrogens with one attached hydrogen (secondary N) is 1. The first-order valence-corrected chi connectivity index (χ1v) is 6.85. The second-order valence-corrected chi connectivity index (χ2v) is 5.27. The zero-order valence-electron chi connectivity index (χ0n) is 10.2. The minimum Gasteiger partial charge on any atom is -0.309 e. The maximum Gasteiger partial charge on any atom is 0.0717 e. The highest BCUT2D eigenvalue weighted by atomic mass is 35.5. The Bertz CT molecular complexity index is 504. The van der Waals surface area contributed by atoms with Crippen LogP contribution in [0.5, 0.6) is 0 Å². The van der Waals surface area contributed by atoms with Gasteiger partial charge in [0.1, 0.15) is 0 Å². The van der Waals surface area contributed by atoms with Gasteiger partial charge in [0.15, 0.2) is 0 Å². The van der Waals surface area contributed by atoms with Crippen molar-refractivity contribution < 1.29 is 0 Å². The summed E-state index contributed by atoms with van der Waals surface area (Å²) in [6.45, 7) is 2.12. The number of thiophene rings is 1. The number of aryl methyl sites for hydroxylation is 2. The molecule has 0 fully saturated rings. The Labute approximate surface area is 110 Å². The highest BCUT2D eigenvalue weighted by Gasteiger charge is 2.21. The third-order valence-electron chi connectivity index (χ3n) is 2.78. The van der Waals surface area contributed by atoms with E-state index in [9.17, 15) is 0 Å². The Hall–Kier alpha value is -0.840. The molecule has 0 radical (unpaired) electrons. The van der Waals surface area contributed by atoms with Gasteiger partial charge in [0.25, 0.3) is 0 Å². The molecule has 5 heteroatoms. The summed E-state index contributed by atoms with van der Waals surface area (Å²) in [5.41, 5.74) is 2.33. The summed E-state index contributed by atoms with van der Waals surface area (Å²) in [6, 6.07) is 2.07. The molecule has 0 aliphatic rings. The van der Waals surface area contributed by atoms with Crippen LogP contribution in [-0.2, 0) is 13.5 Å². The van der Waals surface area contributed by atoms with E-state index < -0.39 is 0 Å². The van der Waals surface area contributed by atoms with Crippen molar-refractivity contribution in [3.05, 3.63) is 38.8 Å². The van der Waals surface area contributed by atoms with Crippen LogP contribution in [0.25, 0.3) is 0 Å². The molecule has 2 aromatic rings. The Morgan fingerprint density at radius 2 is 2.35 bits per heavy atom. The maximum absolute atomic E-state index is 6.21. The van der Waals surface area contributed by atoms with E-state index in [-0.39, 0.29) is 6.04 Å². The van der Waals surface area contributed by atoms with Crippen molar-refractivity contribution in [1.82, 2.24) is 15.1 Å². The van der Waals surface area contributed by atoms with Crippen LogP contribution in [0.4, 0.5) is 0 Å². The van der Waals surface area contributed by atoms with Crippen LogP contribution in [0.2, 0.25) is 5.02 Å². The zero-order valence-corrected chi connectivity index (χ0v) is 11.8. The summed E-state index contributed by atoms with van der Waals surface area (Å²) in [4.78, 5) is 1.15. The molecular weight excluding hydrogens is 254 g/mol. The van der Waals surface area contributed by atoms with E-state index >= 15 is 0 Å². The van der Waals surface area contributed by atoms with Gasteiger partial charge in [0, 0.05) is 23.7 Å². The van der Waals surface area contributed by atoms with Crippen molar-refractivity contribution in [2.45, 2.75) is 19.4 Å². The van der Waals surface area contributed by atoms with Gasteiger partial charge in [-0.3, -0.25) is 4.68 Å². The molecule has 1 unspecified atom stereocenters. The topological polar surface area (TPSA) is 29.9 Å². The summed E-state index contributed by atoms with van der Waals surface area (Å²) in [5, 5.41) is 10.6. The SMILES string of the molecule is CCc1nn(C)cc1C(NC)c1sccc1Cl. The number of hydrogen-bond donors (Lipinski definition) is 1. The molecule has 1 atom stereocenters. The fourth-order valence-electron chi connectivity index (χ4n) is 2.01. The maximum atomic E-state index is 6.21. The van der Waals surface area contributed by atoms with Gasteiger partial charge in [-0.2, -0.15) is 5.10 Å². The van der Waals surface area contributed by atoms with Crippen LogP contribution in [0, 0.1) is 0 Å². The van der Waals surface area contributed by atoms with Crippen molar-refractivity contribution >= 4 is 22.9 Å². The van der Waals surface area contributed by atoms with Gasteiger partial charge in [-0.05, 0) is 24.9 Å². The predicted molar refractivity (Wildman–Crippen MR) is 72.8 cm³/mol. The first-order chi connectivity index (χ1) is 8.17. The summed E-state index contributed by atoms with van der Waals surface area (Å²) in [5.74, 6) is 0. The monoisotopic (exact) mass is 269 g/mol. The second kappa shape index (κ2) is 5.21. The van der Waals surface area contributed by atoms with Gasteiger partial charge in [-0.1, -0.05) is 18.5 Å². The van der Waals surface area contributed by atoms with E-state index in [0.29, 0.717) is 0 Å². The molecule has 1 N–H and O–H groups in total. The van der Waals surface area contributed by atoms with Crippen molar-refractivity contribution in [2.24, 2.45) is 7.05 Å². The zero-order chi connectivity index (χ0) is 12.4. The molecule has 0 aliphatic heterocycles. The molecule has 3 nitrogen and oxygen atoms in total. The number of halogens is 1. The van der Waals surface area contributed by atoms with Gasteiger partial charge in [-0.15, -0.1) is 11.3 Å². The summed E-state index contributed by atoms with van der Waals surface area (Å²) in [6.07, 6.45) is 2.99. The van der Waals surface area contributed by atoms with Crippen LogP contribution in [0.3, 0.4) is 0 Å². The van der Waals surface area contributed by atoms with E-state index in [1.54, 1.807) is 11.3 Å². The Morgan fingerprint density at radius 3 is 2.88 bits per heavy atom. The number of rotatable bonds is 4. The van der Waals surface area contributed by atoms with Crippen LogP contribution >= 0.6 is 22.9 Å². The van der Waals surface area contributed by atoms with E-state index in [0.717, 1.165) is 22.0 Å². The van der Waals surface area contributed by atoms with Gasteiger partial charge in [0.2, 0.25) is 0 Å².